The van der Waals surface area contributed by atoms with Gasteiger partial charge in [-0.25, -0.2) is 5.06 Å². The van der Waals surface area contributed by atoms with E-state index in [1.54, 1.807) is 0 Å². The van der Waals surface area contributed by atoms with E-state index in [-0.39, 0.29) is 11.6 Å². The van der Waals surface area contributed by atoms with Gasteiger partial charge >= 0.3 is 11.9 Å². The van der Waals surface area contributed by atoms with Crippen molar-refractivity contribution in [3.8, 4) is 0 Å². The molecule has 0 aliphatic heterocycles. The number of amides is 1. The number of aliphatic carboxylic acids is 2. The number of carboxylic acid groups (broad SMARTS) is 2. The Morgan fingerprint density at radius 3 is 2.07 bits per heavy atom. The molecule has 0 aliphatic carbocycles. The molecule has 8 heteroatoms. The molecule has 0 saturated heterocycles. The molecule has 0 aliphatic rings. The van der Waals surface area contributed by atoms with Gasteiger partial charge in [-0.3, -0.25) is 19.6 Å². The van der Waals surface area contributed by atoms with Gasteiger partial charge in [-0.15, -0.1) is 0 Å². The first-order chi connectivity index (χ1) is 6.88. The minimum atomic E-state index is -1.41. The van der Waals surface area contributed by atoms with Crippen molar-refractivity contribution in [2.45, 2.75) is 6.42 Å². The average molecular weight is 220 g/mol. The van der Waals surface area contributed by atoms with Crippen LogP contribution in [0.15, 0.2) is 0 Å². The second-order valence-electron chi connectivity index (χ2n) is 2.82. The number of carbonyl (C=O) groups is 3. The van der Waals surface area contributed by atoms with Crippen molar-refractivity contribution in [2.24, 2.45) is 11.7 Å². The first-order valence-electron chi connectivity index (χ1n) is 4.02. The predicted octanol–water partition coefficient (Wildman–Crippen LogP) is -1.66. The van der Waals surface area contributed by atoms with E-state index in [4.69, 9.17) is 21.2 Å². The van der Waals surface area contributed by atoms with E-state index in [9.17, 15) is 14.4 Å². The summed E-state index contributed by atoms with van der Waals surface area (Å²) in [5.74, 6) is -4.78. The molecule has 1 unspecified atom stereocenters. The van der Waals surface area contributed by atoms with Crippen LogP contribution < -0.4 is 5.73 Å². The van der Waals surface area contributed by atoms with Crippen LogP contribution >= 0.6 is 0 Å². The summed E-state index contributed by atoms with van der Waals surface area (Å²) >= 11 is 0. The van der Waals surface area contributed by atoms with Crippen molar-refractivity contribution in [1.82, 2.24) is 5.06 Å². The van der Waals surface area contributed by atoms with Gasteiger partial charge in [-0.05, 0) is 0 Å². The first kappa shape index (κ1) is 13.3. The van der Waals surface area contributed by atoms with Crippen LogP contribution in [0.2, 0.25) is 0 Å². The maximum atomic E-state index is 11.2. The number of rotatable bonds is 6. The van der Waals surface area contributed by atoms with Gasteiger partial charge in [-0.1, -0.05) is 0 Å². The number of nitrogens with zero attached hydrogens (tertiary/aromatic N) is 1. The monoisotopic (exact) mass is 220 g/mol. The third-order valence-corrected chi connectivity index (χ3v) is 1.59. The van der Waals surface area contributed by atoms with Crippen molar-refractivity contribution in [3.05, 3.63) is 0 Å². The van der Waals surface area contributed by atoms with Gasteiger partial charge in [0.25, 0.3) is 5.91 Å². The van der Waals surface area contributed by atoms with Gasteiger partial charge < -0.3 is 15.9 Å². The highest BCUT2D eigenvalue weighted by atomic mass is 16.5. The zero-order valence-corrected chi connectivity index (χ0v) is 7.79. The summed E-state index contributed by atoms with van der Waals surface area (Å²) in [5.41, 5.74) is 5.12. The second kappa shape index (κ2) is 5.94. The highest BCUT2D eigenvalue weighted by Gasteiger charge is 2.25. The maximum absolute atomic E-state index is 11.2. The molecule has 5 N–H and O–H groups in total. The van der Waals surface area contributed by atoms with Crippen molar-refractivity contribution in [3.63, 3.8) is 0 Å². The van der Waals surface area contributed by atoms with E-state index in [1.165, 1.54) is 0 Å². The SMILES string of the molecule is NCC(CC(=O)O)C(=O)N(O)CC(=O)O. The molecule has 0 saturated carbocycles. The Morgan fingerprint density at radius 2 is 1.73 bits per heavy atom. The van der Waals surface area contributed by atoms with Gasteiger partial charge in [-0.2, -0.15) is 0 Å². The van der Waals surface area contributed by atoms with Crippen LogP contribution in [0.25, 0.3) is 0 Å². The largest absolute Gasteiger partial charge is 0.481 e. The second-order valence-corrected chi connectivity index (χ2v) is 2.82. The highest BCUT2D eigenvalue weighted by Crippen LogP contribution is 2.05. The minimum absolute atomic E-state index is 0.0528. The molecule has 0 fully saturated rings. The van der Waals surface area contributed by atoms with E-state index in [0.717, 1.165) is 0 Å². The lowest BCUT2D eigenvalue weighted by Gasteiger charge is -2.17. The molecular formula is C7H12N2O6. The molecule has 1 amide bonds. The van der Waals surface area contributed by atoms with Crippen LogP contribution in [0.3, 0.4) is 0 Å². The molecule has 0 rings (SSSR count). The molecule has 0 spiro atoms. The number of hydroxylamine groups is 2. The smallest absolute Gasteiger partial charge is 0.325 e. The van der Waals surface area contributed by atoms with Crippen LogP contribution in [0.1, 0.15) is 6.42 Å². The fourth-order valence-electron chi connectivity index (χ4n) is 0.899. The van der Waals surface area contributed by atoms with E-state index in [1.807, 2.05) is 0 Å². The Bertz CT molecular complexity index is 266. The van der Waals surface area contributed by atoms with Crippen molar-refractivity contribution in [1.29, 1.82) is 0 Å². The standard InChI is InChI=1S/C7H12N2O6/c8-2-4(1-5(10)11)7(14)9(15)3-6(12)13/h4,15H,1-3,8H2,(H,10,11)(H,12,13). The lowest BCUT2D eigenvalue weighted by atomic mass is 10.1. The average Bonchev–Trinajstić information content (AvgIpc) is 2.11. The molecule has 0 bridgehead atoms. The zero-order valence-electron chi connectivity index (χ0n) is 7.79. The Hall–Kier alpha value is -1.67. The van der Waals surface area contributed by atoms with E-state index in [2.05, 4.69) is 0 Å². The number of hydrogen-bond acceptors (Lipinski definition) is 5. The molecule has 86 valence electrons. The Kier molecular flexibility index (Phi) is 5.27. The van der Waals surface area contributed by atoms with Crippen molar-refractivity contribution < 1.29 is 29.8 Å². The molecule has 0 radical (unpaired) electrons. The Morgan fingerprint density at radius 1 is 1.20 bits per heavy atom. The third kappa shape index (κ3) is 4.93. The number of nitrogens with two attached hydrogens (primary N) is 1. The highest BCUT2D eigenvalue weighted by molar-refractivity contribution is 5.85. The number of carbonyl (C=O) groups excluding carboxylic acids is 1. The van der Waals surface area contributed by atoms with Gasteiger partial charge in [0.05, 0.1) is 12.3 Å². The van der Waals surface area contributed by atoms with Crippen molar-refractivity contribution in [2.75, 3.05) is 13.1 Å². The normalized spacial score (nSPS) is 11.9. The Labute approximate surface area is 84.8 Å². The summed E-state index contributed by atoms with van der Waals surface area (Å²) in [6, 6.07) is 0. The summed E-state index contributed by atoms with van der Waals surface area (Å²) in [7, 11) is 0. The van der Waals surface area contributed by atoms with Gasteiger partial charge in [0.1, 0.15) is 6.54 Å². The zero-order chi connectivity index (χ0) is 12.0. The molecule has 15 heavy (non-hydrogen) atoms. The Balaban J connectivity index is 4.36. The van der Waals surface area contributed by atoms with Crippen LogP contribution in [-0.4, -0.2) is 51.4 Å². The molecular weight excluding hydrogens is 208 g/mol. The summed E-state index contributed by atoms with van der Waals surface area (Å²) in [6.45, 7) is -1.18. The third-order valence-electron chi connectivity index (χ3n) is 1.59. The maximum Gasteiger partial charge on any atom is 0.325 e. The fourth-order valence-corrected chi connectivity index (χ4v) is 0.899. The topological polar surface area (TPSA) is 141 Å². The van der Waals surface area contributed by atoms with Crippen LogP contribution in [0, 0.1) is 5.92 Å². The predicted molar refractivity (Wildman–Crippen MR) is 45.9 cm³/mol. The van der Waals surface area contributed by atoms with Gasteiger partial charge in [0.2, 0.25) is 0 Å². The van der Waals surface area contributed by atoms with Gasteiger partial charge in [0, 0.05) is 6.54 Å². The van der Waals surface area contributed by atoms with Crippen LogP contribution in [0.4, 0.5) is 0 Å². The van der Waals surface area contributed by atoms with Crippen LogP contribution in [-0.2, 0) is 14.4 Å². The molecule has 0 aromatic heterocycles. The first-order valence-corrected chi connectivity index (χ1v) is 4.02. The molecule has 8 nitrogen and oxygen atoms in total. The minimum Gasteiger partial charge on any atom is -0.481 e. The summed E-state index contributed by atoms with van der Waals surface area (Å²) in [5, 5.41) is 25.6. The lowest BCUT2D eigenvalue weighted by molar-refractivity contribution is -0.177. The number of hydrogen-bond donors (Lipinski definition) is 4. The fraction of sp³-hybridized carbons (Fsp3) is 0.571. The van der Waals surface area contributed by atoms with E-state index < -0.39 is 36.7 Å². The summed E-state index contributed by atoms with van der Waals surface area (Å²) in [4.78, 5) is 31.7. The van der Waals surface area contributed by atoms with Crippen LogP contribution in [0.5, 0.6) is 0 Å². The van der Waals surface area contributed by atoms with Crippen molar-refractivity contribution >= 4 is 17.8 Å². The summed E-state index contributed by atoms with van der Waals surface area (Å²) < 4.78 is 0. The molecule has 1 atom stereocenters. The molecule has 0 heterocycles. The number of carboxylic acids is 2. The van der Waals surface area contributed by atoms with E-state index >= 15 is 0 Å². The van der Waals surface area contributed by atoms with Gasteiger partial charge in [0.15, 0.2) is 0 Å². The van der Waals surface area contributed by atoms with E-state index in [0.29, 0.717) is 0 Å². The summed E-state index contributed by atoms with van der Waals surface area (Å²) in [6.07, 6.45) is -0.550. The lowest BCUT2D eigenvalue weighted by Crippen LogP contribution is -2.40. The molecule has 0 aromatic rings. The molecule has 0 aromatic carbocycles. The quantitative estimate of drug-likeness (QED) is 0.310.